The zero-order chi connectivity index (χ0) is 17.9. The molecule has 1 rings (SSSR count). The zero-order valence-electron chi connectivity index (χ0n) is 14.5. The van der Waals surface area contributed by atoms with Crippen LogP contribution in [0.3, 0.4) is 0 Å². The minimum Gasteiger partial charge on any atom is -0.481 e. The van der Waals surface area contributed by atoms with E-state index in [2.05, 4.69) is 0 Å². The number of carbonyl (C=O) groups is 1. The number of aliphatic carboxylic acids is 1. The van der Waals surface area contributed by atoms with Gasteiger partial charge in [0.05, 0.1) is 24.4 Å². The normalized spacial score (nSPS) is 26.8. The summed E-state index contributed by atoms with van der Waals surface area (Å²) in [5.41, 5.74) is 0. The van der Waals surface area contributed by atoms with E-state index < -0.39 is 30.4 Å². The van der Waals surface area contributed by atoms with Crippen molar-refractivity contribution in [1.82, 2.24) is 0 Å². The largest absolute Gasteiger partial charge is 0.481 e. The fourth-order valence-corrected chi connectivity index (χ4v) is 2.86. The van der Waals surface area contributed by atoms with E-state index in [-0.39, 0.29) is 12.5 Å². The number of aliphatic hydroxyl groups is 3. The number of unbranched alkanes of at least 4 members (excludes halogenated alkanes) is 4. The number of aliphatic hydroxyl groups excluding tert-OH is 3. The van der Waals surface area contributed by atoms with E-state index in [1.807, 2.05) is 6.92 Å². The summed E-state index contributed by atoms with van der Waals surface area (Å²) in [5.74, 6) is -0.752. The SMILES string of the molecule is CC[C@@H](O)/C=C/[C@H]1O[C@@H]([C@@H](O)CCCCCCCC(=O)O)C[C@@H]1O. The number of carboxylic acids is 1. The lowest BCUT2D eigenvalue weighted by Crippen LogP contribution is -2.26. The molecule has 140 valence electrons. The molecule has 24 heavy (non-hydrogen) atoms. The molecule has 4 N–H and O–H groups in total. The van der Waals surface area contributed by atoms with E-state index in [4.69, 9.17) is 9.84 Å². The Bertz CT molecular complexity index is 384. The lowest BCUT2D eigenvalue weighted by atomic mass is 10.0. The van der Waals surface area contributed by atoms with Gasteiger partial charge in [-0.25, -0.2) is 0 Å². The van der Waals surface area contributed by atoms with Gasteiger partial charge in [-0.1, -0.05) is 44.8 Å². The van der Waals surface area contributed by atoms with Gasteiger partial charge in [0.25, 0.3) is 0 Å². The van der Waals surface area contributed by atoms with Crippen LogP contribution in [-0.4, -0.2) is 56.9 Å². The van der Waals surface area contributed by atoms with Crippen LogP contribution in [0.4, 0.5) is 0 Å². The van der Waals surface area contributed by atoms with E-state index >= 15 is 0 Å². The van der Waals surface area contributed by atoms with Crippen molar-refractivity contribution < 1.29 is 30.0 Å². The van der Waals surface area contributed by atoms with Crippen LogP contribution >= 0.6 is 0 Å². The fourth-order valence-electron chi connectivity index (χ4n) is 2.86. The summed E-state index contributed by atoms with van der Waals surface area (Å²) in [6.07, 6.45) is 6.89. The first-order chi connectivity index (χ1) is 11.4. The molecule has 6 nitrogen and oxygen atoms in total. The van der Waals surface area contributed by atoms with Gasteiger partial charge in [-0.2, -0.15) is 0 Å². The first kappa shape index (κ1) is 21.1. The third-order valence-corrected chi connectivity index (χ3v) is 4.45. The van der Waals surface area contributed by atoms with Gasteiger partial charge in [-0.05, 0) is 19.3 Å². The molecule has 5 atom stereocenters. The molecule has 6 heteroatoms. The van der Waals surface area contributed by atoms with Crippen molar-refractivity contribution in [3.05, 3.63) is 12.2 Å². The summed E-state index contributed by atoms with van der Waals surface area (Å²) in [6.45, 7) is 1.87. The highest BCUT2D eigenvalue weighted by Gasteiger charge is 2.36. The lowest BCUT2D eigenvalue weighted by Gasteiger charge is -2.18. The number of hydrogen-bond acceptors (Lipinski definition) is 5. The smallest absolute Gasteiger partial charge is 0.303 e. The van der Waals surface area contributed by atoms with Crippen LogP contribution in [0.15, 0.2) is 12.2 Å². The Morgan fingerprint density at radius 2 is 1.88 bits per heavy atom. The molecule has 1 aliphatic rings. The lowest BCUT2D eigenvalue weighted by molar-refractivity contribution is -0.137. The van der Waals surface area contributed by atoms with E-state index in [1.54, 1.807) is 12.2 Å². The minimum atomic E-state index is -0.752. The summed E-state index contributed by atoms with van der Waals surface area (Å²) in [6, 6.07) is 0. The van der Waals surface area contributed by atoms with Crippen molar-refractivity contribution in [3.8, 4) is 0 Å². The molecule has 1 fully saturated rings. The molecule has 0 saturated carbocycles. The van der Waals surface area contributed by atoms with Gasteiger partial charge >= 0.3 is 5.97 Å². The maximum atomic E-state index is 10.4. The van der Waals surface area contributed by atoms with Gasteiger partial charge in [0.1, 0.15) is 6.10 Å². The standard InChI is InChI=1S/C18H32O6/c1-2-13(19)10-11-16-15(21)12-17(24-16)14(20)8-6-4-3-5-7-9-18(22)23/h10-11,13-17,19-21H,2-9,12H2,1H3,(H,22,23)/b11-10+/t13-,14+,15+,16-,17-/m1/s1. The van der Waals surface area contributed by atoms with Crippen molar-refractivity contribution in [2.24, 2.45) is 0 Å². The van der Waals surface area contributed by atoms with E-state index in [0.29, 0.717) is 25.7 Å². The molecular weight excluding hydrogens is 312 g/mol. The number of rotatable bonds is 12. The minimum absolute atomic E-state index is 0.220. The van der Waals surface area contributed by atoms with Gasteiger partial charge in [-0.3, -0.25) is 4.79 Å². The second-order valence-corrected chi connectivity index (χ2v) is 6.57. The molecule has 0 unspecified atom stereocenters. The third-order valence-electron chi connectivity index (χ3n) is 4.45. The first-order valence-corrected chi connectivity index (χ1v) is 9.03. The first-order valence-electron chi connectivity index (χ1n) is 9.03. The molecule has 1 saturated heterocycles. The second-order valence-electron chi connectivity index (χ2n) is 6.57. The van der Waals surface area contributed by atoms with Gasteiger partial charge in [0.15, 0.2) is 0 Å². The summed E-state index contributed by atoms with van der Waals surface area (Å²) in [7, 11) is 0. The number of carboxylic acid groups (broad SMARTS) is 1. The van der Waals surface area contributed by atoms with Gasteiger partial charge < -0.3 is 25.2 Å². The van der Waals surface area contributed by atoms with Gasteiger partial charge in [0, 0.05) is 12.8 Å². The highest BCUT2D eigenvalue weighted by Crippen LogP contribution is 2.26. The number of ether oxygens (including phenoxy) is 1. The molecule has 0 aliphatic carbocycles. The Hall–Kier alpha value is -0.950. The summed E-state index contributed by atoms with van der Waals surface area (Å²) < 4.78 is 5.69. The molecule has 0 aromatic carbocycles. The van der Waals surface area contributed by atoms with E-state index in [0.717, 1.165) is 25.7 Å². The summed E-state index contributed by atoms with van der Waals surface area (Å²) in [5, 5.41) is 38.2. The van der Waals surface area contributed by atoms with Crippen molar-refractivity contribution in [2.45, 2.75) is 95.2 Å². The molecule has 0 bridgehead atoms. The molecule has 0 aromatic rings. The van der Waals surface area contributed by atoms with Gasteiger partial charge in [-0.15, -0.1) is 0 Å². The van der Waals surface area contributed by atoms with Crippen molar-refractivity contribution in [1.29, 1.82) is 0 Å². The quantitative estimate of drug-likeness (QED) is 0.319. The average molecular weight is 344 g/mol. The Kier molecular flexibility index (Phi) is 10.2. The molecule has 0 aromatic heterocycles. The fraction of sp³-hybridized carbons (Fsp3) is 0.833. The molecule has 1 heterocycles. The second kappa shape index (κ2) is 11.6. The Labute approximate surface area is 144 Å². The van der Waals surface area contributed by atoms with Crippen LogP contribution in [0.25, 0.3) is 0 Å². The maximum Gasteiger partial charge on any atom is 0.303 e. The van der Waals surface area contributed by atoms with Crippen molar-refractivity contribution in [3.63, 3.8) is 0 Å². The molecule has 0 spiro atoms. The van der Waals surface area contributed by atoms with Crippen LogP contribution in [0, 0.1) is 0 Å². The maximum absolute atomic E-state index is 10.4. The van der Waals surface area contributed by atoms with E-state index in [9.17, 15) is 20.1 Å². The number of hydrogen-bond donors (Lipinski definition) is 4. The Balaban J connectivity index is 2.18. The van der Waals surface area contributed by atoms with Crippen LogP contribution in [0.5, 0.6) is 0 Å². The Morgan fingerprint density at radius 1 is 1.21 bits per heavy atom. The van der Waals surface area contributed by atoms with Crippen LogP contribution in [0.2, 0.25) is 0 Å². The van der Waals surface area contributed by atoms with Gasteiger partial charge in [0.2, 0.25) is 0 Å². The monoisotopic (exact) mass is 344 g/mol. The van der Waals surface area contributed by atoms with Crippen molar-refractivity contribution >= 4 is 5.97 Å². The third kappa shape index (κ3) is 8.24. The highest BCUT2D eigenvalue weighted by molar-refractivity contribution is 5.66. The van der Waals surface area contributed by atoms with Crippen LogP contribution < -0.4 is 0 Å². The Morgan fingerprint density at radius 3 is 2.54 bits per heavy atom. The average Bonchev–Trinajstić information content (AvgIpc) is 2.92. The van der Waals surface area contributed by atoms with Crippen molar-refractivity contribution in [2.75, 3.05) is 0 Å². The predicted octanol–water partition coefficient (Wildman–Crippen LogP) is 2.01. The van der Waals surface area contributed by atoms with Crippen LogP contribution in [0.1, 0.15) is 64.7 Å². The zero-order valence-corrected chi connectivity index (χ0v) is 14.5. The van der Waals surface area contributed by atoms with E-state index in [1.165, 1.54) is 0 Å². The molecule has 1 aliphatic heterocycles. The highest BCUT2D eigenvalue weighted by atomic mass is 16.5. The summed E-state index contributed by atoms with van der Waals surface area (Å²) in [4.78, 5) is 10.4. The summed E-state index contributed by atoms with van der Waals surface area (Å²) >= 11 is 0. The molecule has 0 amide bonds. The predicted molar refractivity (Wildman–Crippen MR) is 90.7 cm³/mol. The van der Waals surface area contributed by atoms with Crippen LogP contribution in [-0.2, 0) is 9.53 Å². The molecular formula is C18H32O6. The molecule has 0 radical (unpaired) electrons. The topological polar surface area (TPSA) is 107 Å².